The molecule has 224 valence electrons. The molecule has 41 heavy (non-hydrogen) atoms. The van der Waals surface area contributed by atoms with Crippen molar-refractivity contribution in [2.45, 2.75) is 56.1 Å². The van der Waals surface area contributed by atoms with Crippen LogP contribution < -0.4 is 17.2 Å². The van der Waals surface area contributed by atoms with E-state index in [4.69, 9.17) is 27.4 Å². The summed E-state index contributed by atoms with van der Waals surface area (Å²) >= 11 is 0. The monoisotopic (exact) mass is 584 g/mol. The fourth-order valence-electron chi connectivity index (χ4n) is 3.45. The molecule has 0 saturated carbocycles. The predicted molar refractivity (Wildman–Crippen MR) is 131 cm³/mol. The Morgan fingerprint density at radius 1 is 0.756 bits per heavy atom. The number of ether oxygens (including phenoxy) is 2. The molecule has 1 rings (SSSR count). The van der Waals surface area contributed by atoms with Crippen molar-refractivity contribution in [3.05, 3.63) is 39.9 Å². The van der Waals surface area contributed by atoms with Gasteiger partial charge in [-0.2, -0.15) is 0 Å². The Hall–Kier alpha value is -4.81. The van der Waals surface area contributed by atoms with E-state index in [1.807, 2.05) is 0 Å². The van der Waals surface area contributed by atoms with E-state index in [-0.39, 0.29) is 0 Å². The van der Waals surface area contributed by atoms with Crippen molar-refractivity contribution >= 4 is 47.5 Å². The highest BCUT2D eigenvalue weighted by Gasteiger charge is 2.42. The number of carboxylic acid groups (broad SMARTS) is 3. The maximum atomic E-state index is 13.0. The third-order valence-electron chi connectivity index (χ3n) is 5.63. The van der Waals surface area contributed by atoms with Crippen LogP contribution in [0.4, 0.5) is 5.69 Å². The van der Waals surface area contributed by atoms with Gasteiger partial charge < -0.3 is 42.0 Å². The molecule has 0 radical (unpaired) electrons. The van der Waals surface area contributed by atoms with Gasteiger partial charge in [-0.05, 0) is 19.3 Å². The number of aliphatic carboxylic acids is 3. The second-order valence-electron chi connectivity index (χ2n) is 8.63. The molecule has 0 heterocycles. The van der Waals surface area contributed by atoms with Gasteiger partial charge in [0, 0.05) is 24.5 Å². The van der Waals surface area contributed by atoms with E-state index in [0.717, 1.165) is 12.1 Å². The molecule has 1 aromatic carbocycles. The van der Waals surface area contributed by atoms with Crippen LogP contribution in [-0.2, 0) is 43.0 Å². The molecule has 2 unspecified atom stereocenters. The molecule has 0 spiro atoms. The summed E-state index contributed by atoms with van der Waals surface area (Å²) < 4.78 is 9.14. The SMILES string of the molecule is N[C@@H](CCC(=O)OC(=O)C(C[C@H](N)C(=O)OC(=O)CC[C@H](N)C(=O)O)C(C(=O)O)c1ccccc1[N+](=O)[O-])C(=O)O. The van der Waals surface area contributed by atoms with Gasteiger partial charge in [-0.15, -0.1) is 0 Å². The first-order chi connectivity index (χ1) is 19.1. The zero-order valence-corrected chi connectivity index (χ0v) is 21.2. The lowest BCUT2D eigenvalue weighted by atomic mass is 9.81. The van der Waals surface area contributed by atoms with Crippen molar-refractivity contribution in [1.29, 1.82) is 0 Å². The number of nitro benzene ring substituents is 1. The fraction of sp³-hybridized carbons (Fsp3) is 0.435. The molecular weight excluding hydrogens is 556 g/mol. The topological polar surface area (TPSA) is 320 Å². The average Bonchev–Trinajstić information content (AvgIpc) is 2.89. The molecule has 18 nitrogen and oxygen atoms in total. The fourth-order valence-corrected chi connectivity index (χ4v) is 3.45. The summed E-state index contributed by atoms with van der Waals surface area (Å²) in [5.74, 6) is -14.4. The van der Waals surface area contributed by atoms with Crippen molar-refractivity contribution < 1.29 is 63.3 Å². The predicted octanol–water partition coefficient (Wildman–Crippen LogP) is -1.38. The molecule has 0 bridgehead atoms. The lowest BCUT2D eigenvalue weighted by molar-refractivity contribution is -0.385. The van der Waals surface area contributed by atoms with E-state index in [0.29, 0.717) is 0 Å². The molecule has 0 aliphatic carbocycles. The second kappa shape index (κ2) is 15.7. The van der Waals surface area contributed by atoms with E-state index in [9.17, 15) is 48.8 Å². The van der Waals surface area contributed by atoms with E-state index < -0.39 is 120 Å². The summed E-state index contributed by atoms with van der Waals surface area (Å²) in [6.45, 7) is 0. The van der Waals surface area contributed by atoms with Crippen molar-refractivity contribution in [2.24, 2.45) is 23.1 Å². The quantitative estimate of drug-likeness (QED) is 0.0564. The molecule has 0 saturated heterocycles. The van der Waals surface area contributed by atoms with Crippen LogP contribution in [0.15, 0.2) is 24.3 Å². The minimum absolute atomic E-state index is 0.405. The van der Waals surface area contributed by atoms with Crippen LogP contribution in [0.3, 0.4) is 0 Å². The van der Waals surface area contributed by atoms with Gasteiger partial charge in [-0.1, -0.05) is 18.2 Å². The summed E-state index contributed by atoms with van der Waals surface area (Å²) in [5, 5.41) is 39.0. The van der Waals surface area contributed by atoms with Gasteiger partial charge >= 0.3 is 41.8 Å². The normalized spacial score (nSPS) is 14.4. The first-order valence-electron chi connectivity index (χ1n) is 11.7. The standard InChI is InChI=1S/C23H28N4O14/c24-12(19(30)31)5-7-16(28)40-22(36)11(18(21(34)35)10-3-1-2-4-15(10)27(38)39)9-14(26)23(37)41-17(29)8-6-13(25)20(32)33/h1-4,11-14,18H,5-9,24-26H2,(H,30,31)(H,32,33)(H,34,35)/t11?,12-,13-,14-,18?/m0/s1. The van der Waals surface area contributed by atoms with Gasteiger partial charge in [0.25, 0.3) is 5.69 Å². The number of carbonyl (C=O) groups excluding carboxylic acids is 4. The number of nitrogens with zero attached hydrogens (tertiary/aromatic N) is 1. The average molecular weight is 584 g/mol. The van der Waals surface area contributed by atoms with Crippen molar-refractivity contribution in [2.75, 3.05) is 0 Å². The Kier molecular flexibility index (Phi) is 13.1. The van der Waals surface area contributed by atoms with Crippen LogP contribution in [0.5, 0.6) is 0 Å². The largest absolute Gasteiger partial charge is 0.481 e. The molecule has 0 aromatic heterocycles. The summed E-state index contributed by atoms with van der Waals surface area (Å²) in [7, 11) is 0. The first-order valence-corrected chi connectivity index (χ1v) is 11.7. The summed E-state index contributed by atoms with van der Waals surface area (Å²) in [6.07, 6.45) is -3.12. The molecule has 18 heteroatoms. The number of carbonyl (C=O) groups is 7. The second-order valence-corrected chi connectivity index (χ2v) is 8.63. The van der Waals surface area contributed by atoms with Crippen LogP contribution >= 0.6 is 0 Å². The highest BCUT2D eigenvalue weighted by Crippen LogP contribution is 2.35. The van der Waals surface area contributed by atoms with Gasteiger partial charge in [0.2, 0.25) is 0 Å². The van der Waals surface area contributed by atoms with Crippen LogP contribution in [0.1, 0.15) is 43.6 Å². The molecule has 5 atom stereocenters. The summed E-state index contributed by atoms with van der Waals surface area (Å²) in [6, 6.07) is -0.430. The third-order valence-corrected chi connectivity index (χ3v) is 5.63. The van der Waals surface area contributed by atoms with Crippen molar-refractivity contribution in [1.82, 2.24) is 0 Å². The molecule has 0 aliphatic rings. The highest BCUT2D eigenvalue weighted by atomic mass is 16.6. The highest BCUT2D eigenvalue weighted by molar-refractivity contribution is 5.93. The molecule has 1 aromatic rings. The number of nitrogens with two attached hydrogens (primary N) is 3. The summed E-state index contributed by atoms with van der Waals surface area (Å²) in [4.78, 5) is 93.9. The van der Waals surface area contributed by atoms with Gasteiger partial charge in [-0.25, -0.2) is 4.79 Å². The number of hydrogen-bond donors (Lipinski definition) is 6. The van der Waals surface area contributed by atoms with Gasteiger partial charge in [0.05, 0.1) is 10.8 Å². The van der Waals surface area contributed by atoms with Crippen molar-refractivity contribution in [3.8, 4) is 0 Å². The maximum Gasteiger partial charge on any atom is 0.330 e. The Balaban J connectivity index is 3.27. The number of benzene rings is 1. The molecule has 0 fully saturated rings. The van der Waals surface area contributed by atoms with Gasteiger partial charge in [0.15, 0.2) is 0 Å². The van der Waals surface area contributed by atoms with E-state index in [2.05, 4.69) is 9.47 Å². The van der Waals surface area contributed by atoms with Gasteiger partial charge in [0.1, 0.15) is 24.0 Å². The number of para-hydroxylation sites is 1. The minimum Gasteiger partial charge on any atom is -0.481 e. The lowest BCUT2D eigenvalue weighted by Crippen LogP contribution is -2.41. The number of esters is 4. The first kappa shape index (κ1) is 34.2. The van der Waals surface area contributed by atoms with E-state index in [1.165, 1.54) is 12.1 Å². The molecular formula is C23H28N4O14. The summed E-state index contributed by atoms with van der Waals surface area (Å²) in [5.41, 5.74) is 15.1. The van der Waals surface area contributed by atoms with Crippen LogP contribution in [0, 0.1) is 16.0 Å². The van der Waals surface area contributed by atoms with Gasteiger partial charge in [-0.3, -0.25) is 38.9 Å². The Labute approximate surface area is 230 Å². The molecule has 0 aliphatic heterocycles. The number of hydrogen-bond acceptors (Lipinski definition) is 14. The number of carboxylic acids is 3. The Bertz CT molecular complexity index is 1200. The smallest absolute Gasteiger partial charge is 0.330 e. The molecule has 0 amide bonds. The van der Waals surface area contributed by atoms with E-state index >= 15 is 0 Å². The van der Waals surface area contributed by atoms with Crippen molar-refractivity contribution in [3.63, 3.8) is 0 Å². The maximum absolute atomic E-state index is 13.0. The number of nitro groups is 1. The zero-order valence-electron chi connectivity index (χ0n) is 21.2. The number of rotatable bonds is 16. The third kappa shape index (κ3) is 10.7. The Morgan fingerprint density at radius 2 is 1.22 bits per heavy atom. The van der Waals surface area contributed by atoms with Crippen LogP contribution in [-0.4, -0.2) is 80.2 Å². The minimum atomic E-state index is -2.10. The lowest BCUT2D eigenvalue weighted by Gasteiger charge is -2.24. The molecule has 9 N–H and O–H groups in total. The zero-order chi connectivity index (χ0) is 31.4. The Morgan fingerprint density at radius 3 is 1.66 bits per heavy atom. The van der Waals surface area contributed by atoms with Crippen LogP contribution in [0.2, 0.25) is 0 Å². The van der Waals surface area contributed by atoms with E-state index in [1.54, 1.807) is 0 Å². The van der Waals surface area contributed by atoms with Crippen LogP contribution in [0.25, 0.3) is 0 Å².